The van der Waals surface area contributed by atoms with Crippen molar-refractivity contribution in [2.75, 3.05) is 13.6 Å². The Morgan fingerprint density at radius 1 is 1.21 bits per heavy atom. The van der Waals surface area contributed by atoms with Crippen LogP contribution in [0.5, 0.6) is 0 Å². The predicted molar refractivity (Wildman–Crippen MR) is 65.6 cm³/mol. The molecule has 1 saturated carbocycles. The van der Waals surface area contributed by atoms with Crippen LogP contribution in [0, 0.1) is 11.8 Å². The molecule has 86 valence electrons. The van der Waals surface area contributed by atoms with Crippen molar-refractivity contribution in [1.82, 2.24) is 4.90 Å². The van der Waals surface area contributed by atoms with Gasteiger partial charge in [-0.05, 0) is 31.7 Å². The van der Waals surface area contributed by atoms with E-state index in [9.17, 15) is 0 Å². The third kappa shape index (κ3) is 4.45. The fraction of sp³-hybridized carbons (Fsp3) is 1.00. The largest absolute Gasteiger partial charge is 0.303 e. The summed E-state index contributed by atoms with van der Waals surface area (Å²) >= 11 is 0. The lowest BCUT2D eigenvalue weighted by Gasteiger charge is -2.41. The molecule has 1 fully saturated rings. The summed E-state index contributed by atoms with van der Waals surface area (Å²) in [5.41, 5.74) is 0. The molecule has 0 aromatic rings. The van der Waals surface area contributed by atoms with Crippen LogP contribution in [0.3, 0.4) is 0 Å². The summed E-state index contributed by atoms with van der Waals surface area (Å²) in [5, 5.41) is 0. The number of hydrogen-bond acceptors (Lipinski definition) is 1. The Balaban J connectivity index is 0.000000791. The smallest absolute Gasteiger partial charge is 0.00976 e. The Morgan fingerprint density at radius 2 is 1.71 bits per heavy atom. The van der Waals surface area contributed by atoms with Gasteiger partial charge in [-0.1, -0.05) is 41.0 Å². The second kappa shape index (κ2) is 7.28. The topological polar surface area (TPSA) is 3.24 Å². The number of hydrogen-bond donors (Lipinski definition) is 0. The average Bonchev–Trinajstić information content (AvgIpc) is 2.04. The molecule has 1 aliphatic carbocycles. The predicted octanol–water partition coefficient (Wildman–Crippen LogP) is 3.79. The summed E-state index contributed by atoms with van der Waals surface area (Å²) in [6, 6.07) is 0.900. The van der Waals surface area contributed by atoms with Crippen molar-refractivity contribution in [2.45, 2.75) is 59.9 Å². The van der Waals surface area contributed by atoms with Crippen LogP contribution < -0.4 is 0 Å². The maximum Gasteiger partial charge on any atom is 0.00976 e. The molecular formula is C13H29N. The van der Waals surface area contributed by atoms with Crippen LogP contribution in [-0.4, -0.2) is 24.5 Å². The zero-order valence-corrected chi connectivity index (χ0v) is 11.0. The fourth-order valence-electron chi connectivity index (χ4n) is 2.12. The van der Waals surface area contributed by atoms with E-state index in [4.69, 9.17) is 0 Å². The molecule has 1 aliphatic rings. The van der Waals surface area contributed by atoms with Gasteiger partial charge >= 0.3 is 0 Å². The third-order valence-electron chi connectivity index (χ3n) is 3.06. The van der Waals surface area contributed by atoms with E-state index >= 15 is 0 Å². The molecule has 1 rings (SSSR count). The number of rotatable bonds is 4. The SMILES string of the molecule is CC.CCC1CC(N(C)CC(C)C)C1. The van der Waals surface area contributed by atoms with Crippen molar-refractivity contribution in [3.63, 3.8) is 0 Å². The summed E-state index contributed by atoms with van der Waals surface area (Å²) < 4.78 is 0. The van der Waals surface area contributed by atoms with Gasteiger partial charge < -0.3 is 4.90 Å². The van der Waals surface area contributed by atoms with E-state index in [2.05, 4.69) is 32.7 Å². The van der Waals surface area contributed by atoms with Gasteiger partial charge in [0.2, 0.25) is 0 Å². The van der Waals surface area contributed by atoms with Gasteiger partial charge in [-0.2, -0.15) is 0 Å². The third-order valence-corrected chi connectivity index (χ3v) is 3.06. The molecule has 0 saturated heterocycles. The Morgan fingerprint density at radius 3 is 2.07 bits per heavy atom. The van der Waals surface area contributed by atoms with E-state index in [1.54, 1.807) is 0 Å². The summed E-state index contributed by atoms with van der Waals surface area (Å²) in [5.74, 6) is 1.85. The first-order valence-corrected chi connectivity index (χ1v) is 6.33. The van der Waals surface area contributed by atoms with Crippen molar-refractivity contribution >= 4 is 0 Å². The highest BCUT2D eigenvalue weighted by Crippen LogP contribution is 2.33. The van der Waals surface area contributed by atoms with Crippen molar-refractivity contribution in [3.05, 3.63) is 0 Å². The summed E-state index contributed by atoms with van der Waals surface area (Å²) in [6.07, 6.45) is 4.27. The van der Waals surface area contributed by atoms with E-state index in [-0.39, 0.29) is 0 Å². The highest BCUT2D eigenvalue weighted by Gasteiger charge is 2.30. The molecular weight excluding hydrogens is 170 g/mol. The Kier molecular flexibility index (Phi) is 7.26. The molecule has 0 radical (unpaired) electrons. The van der Waals surface area contributed by atoms with Crippen LogP contribution >= 0.6 is 0 Å². The Hall–Kier alpha value is -0.0400. The molecule has 0 heterocycles. The van der Waals surface area contributed by atoms with Crippen LogP contribution in [0.1, 0.15) is 53.9 Å². The fourth-order valence-corrected chi connectivity index (χ4v) is 2.12. The Bertz CT molecular complexity index is 125. The van der Waals surface area contributed by atoms with Crippen molar-refractivity contribution in [1.29, 1.82) is 0 Å². The molecule has 1 nitrogen and oxygen atoms in total. The highest BCUT2D eigenvalue weighted by molar-refractivity contribution is 4.85. The number of nitrogens with zero attached hydrogens (tertiary/aromatic N) is 1. The van der Waals surface area contributed by atoms with Gasteiger partial charge in [-0.15, -0.1) is 0 Å². The van der Waals surface area contributed by atoms with Crippen molar-refractivity contribution in [3.8, 4) is 0 Å². The second-order valence-corrected chi connectivity index (χ2v) is 4.73. The molecule has 1 heteroatoms. The van der Waals surface area contributed by atoms with Gasteiger partial charge in [-0.25, -0.2) is 0 Å². The molecule has 14 heavy (non-hydrogen) atoms. The molecule has 0 aliphatic heterocycles. The lowest BCUT2D eigenvalue weighted by molar-refractivity contribution is 0.0894. The lowest BCUT2D eigenvalue weighted by atomic mass is 9.78. The van der Waals surface area contributed by atoms with Gasteiger partial charge in [0.15, 0.2) is 0 Å². The van der Waals surface area contributed by atoms with Crippen molar-refractivity contribution < 1.29 is 0 Å². The van der Waals surface area contributed by atoms with Gasteiger partial charge in [0, 0.05) is 12.6 Å². The zero-order chi connectivity index (χ0) is 11.1. The van der Waals surface area contributed by atoms with Gasteiger partial charge in [-0.3, -0.25) is 0 Å². The molecule has 0 spiro atoms. The van der Waals surface area contributed by atoms with Gasteiger partial charge in [0.05, 0.1) is 0 Å². The summed E-state index contributed by atoms with van der Waals surface area (Å²) in [4.78, 5) is 2.54. The average molecular weight is 199 g/mol. The monoisotopic (exact) mass is 199 g/mol. The Labute approximate surface area is 90.9 Å². The van der Waals surface area contributed by atoms with Crippen LogP contribution in [0.2, 0.25) is 0 Å². The lowest BCUT2D eigenvalue weighted by Crippen LogP contribution is -2.43. The molecule has 0 bridgehead atoms. The van der Waals surface area contributed by atoms with Crippen LogP contribution in [0.15, 0.2) is 0 Å². The maximum absolute atomic E-state index is 2.54. The molecule has 0 N–H and O–H groups in total. The maximum atomic E-state index is 2.54. The van der Waals surface area contributed by atoms with E-state index in [0.29, 0.717) is 0 Å². The van der Waals surface area contributed by atoms with E-state index in [1.807, 2.05) is 13.8 Å². The normalized spacial score (nSPS) is 25.7. The van der Waals surface area contributed by atoms with E-state index in [1.165, 1.54) is 25.8 Å². The molecule has 0 amide bonds. The first-order valence-electron chi connectivity index (χ1n) is 6.33. The van der Waals surface area contributed by atoms with Crippen LogP contribution in [-0.2, 0) is 0 Å². The summed E-state index contributed by atoms with van der Waals surface area (Å²) in [7, 11) is 2.27. The molecule has 0 unspecified atom stereocenters. The minimum Gasteiger partial charge on any atom is -0.303 e. The van der Waals surface area contributed by atoms with Crippen LogP contribution in [0.4, 0.5) is 0 Å². The molecule has 0 atom stereocenters. The summed E-state index contributed by atoms with van der Waals surface area (Å²) in [6.45, 7) is 12.2. The first kappa shape index (κ1) is 14.0. The van der Waals surface area contributed by atoms with E-state index < -0.39 is 0 Å². The minimum atomic E-state index is 0.815. The van der Waals surface area contributed by atoms with Gasteiger partial charge in [0.1, 0.15) is 0 Å². The molecule has 0 aromatic carbocycles. The zero-order valence-electron chi connectivity index (χ0n) is 11.0. The van der Waals surface area contributed by atoms with Crippen LogP contribution in [0.25, 0.3) is 0 Å². The second-order valence-electron chi connectivity index (χ2n) is 4.73. The molecule has 0 aromatic heterocycles. The minimum absolute atomic E-state index is 0.815. The first-order chi connectivity index (χ1) is 6.63. The quantitative estimate of drug-likeness (QED) is 0.666. The van der Waals surface area contributed by atoms with E-state index in [0.717, 1.165) is 17.9 Å². The highest BCUT2D eigenvalue weighted by atomic mass is 15.1. The standard InChI is InChI=1S/C11H23N.C2H6/c1-5-10-6-11(7-10)12(4)8-9(2)3;1-2/h9-11H,5-8H2,1-4H3;1-2H3. The van der Waals surface area contributed by atoms with Gasteiger partial charge in [0.25, 0.3) is 0 Å². The van der Waals surface area contributed by atoms with Crippen molar-refractivity contribution in [2.24, 2.45) is 11.8 Å².